The molecular weight excluding hydrogens is 556 g/mol. The summed E-state index contributed by atoms with van der Waals surface area (Å²) in [7, 11) is 0. The van der Waals surface area contributed by atoms with Crippen molar-refractivity contribution >= 4 is 24.8 Å². The number of piperidine rings is 1. The summed E-state index contributed by atoms with van der Waals surface area (Å²) >= 11 is 0. The molecule has 2 aromatic rings. The van der Waals surface area contributed by atoms with Gasteiger partial charge in [-0.2, -0.15) is 0 Å². The Morgan fingerprint density at radius 1 is 1.08 bits per heavy atom. The first kappa shape index (κ1) is 31.8. The Kier molecular flexibility index (Phi) is 10.8. The Bertz CT molecular complexity index is 1060. The number of hydrogen-bond donors (Lipinski definition) is 3. The van der Waals surface area contributed by atoms with Crippen molar-refractivity contribution in [3.63, 3.8) is 0 Å². The fourth-order valence-corrected chi connectivity index (χ4v) is 5.81. The molecule has 5 rings (SSSR count). The van der Waals surface area contributed by atoms with Crippen LogP contribution >= 0.6 is 24.8 Å². The van der Waals surface area contributed by atoms with Crippen molar-refractivity contribution in [2.24, 2.45) is 5.92 Å². The summed E-state index contributed by atoms with van der Waals surface area (Å²) in [6, 6.07) is 14.5. The van der Waals surface area contributed by atoms with Crippen molar-refractivity contribution in [3.8, 4) is 11.5 Å². The summed E-state index contributed by atoms with van der Waals surface area (Å²) in [5, 5.41) is 18.3. The topological polar surface area (TPSA) is 72.0 Å². The highest BCUT2D eigenvalue weighted by atomic mass is 35.5. The Morgan fingerprint density at radius 2 is 1.82 bits per heavy atom. The quantitative estimate of drug-likeness (QED) is 0.285. The predicted octanol–water partition coefficient (Wildman–Crippen LogP) is 5.84. The van der Waals surface area contributed by atoms with Gasteiger partial charge in [0.05, 0.1) is 11.6 Å². The molecule has 2 aliphatic heterocycles. The Morgan fingerprint density at radius 3 is 2.49 bits per heavy atom. The lowest BCUT2D eigenvalue weighted by molar-refractivity contribution is -0.274. The minimum absolute atomic E-state index is 0. The molecule has 5 atom stereocenters. The number of hydrogen-bond acceptors (Lipinski definition) is 6. The third-order valence-electron chi connectivity index (χ3n) is 7.65. The molecule has 2 saturated heterocycles. The predicted molar refractivity (Wildman–Crippen MR) is 147 cm³/mol. The zero-order valence-electron chi connectivity index (χ0n) is 21.8. The first-order valence-electron chi connectivity index (χ1n) is 13.2. The van der Waals surface area contributed by atoms with E-state index in [9.17, 15) is 18.3 Å². The number of alkyl halides is 3. The van der Waals surface area contributed by atoms with E-state index < -0.39 is 18.2 Å². The number of aliphatic hydroxyl groups is 1. The van der Waals surface area contributed by atoms with E-state index in [-0.39, 0.29) is 54.7 Å². The molecule has 39 heavy (non-hydrogen) atoms. The second-order valence-corrected chi connectivity index (χ2v) is 10.4. The number of rotatable bonds is 11. The normalized spacial score (nSPS) is 26.7. The van der Waals surface area contributed by atoms with Crippen LogP contribution in [-0.2, 0) is 16.8 Å². The average molecular weight is 594 g/mol. The van der Waals surface area contributed by atoms with Crippen LogP contribution in [0.3, 0.4) is 0 Å². The maximum Gasteiger partial charge on any atom is 0.573 e. The van der Waals surface area contributed by atoms with E-state index in [1.807, 2.05) is 25.1 Å². The highest BCUT2D eigenvalue weighted by Crippen LogP contribution is 2.47. The van der Waals surface area contributed by atoms with Gasteiger partial charge in [-0.05, 0) is 62.3 Å². The molecule has 0 amide bonds. The van der Waals surface area contributed by atoms with Crippen LogP contribution < -0.4 is 20.1 Å². The molecule has 3 fully saturated rings. The lowest BCUT2D eigenvalue weighted by atomic mass is 9.78. The molecule has 3 N–H and O–H groups in total. The van der Waals surface area contributed by atoms with Crippen LogP contribution in [0.15, 0.2) is 48.5 Å². The third kappa shape index (κ3) is 7.51. The third-order valence-corrected chi connectivity index (χ3v) is 7.65. The summed E-state index contributed by atoms with van der Waals surface area (Å²) in [5.41, 5.74) is 1.30. The SMILES string of the molecule is CCCOC(O)[C@@H]1C[C@]2(c3ccccc3)N[C@H]1CC[C@H]2NCc1cc(OC(F)(F)F)ccc1OC1CC1.Cl.Cl. The Labute approximate surface area is 239 Å². The van der Waals surface area contributed by atoms with E-state index in [0.29, 0.717) is 30.9 Å². The number of benzene rings is 2. The fourth-order valence-electron chi connectivity index (χ4n) is 5.81. The molecule has 1 unspecified atom stereocenters. The van der Waals surface area contributed by atoms with Gasteiger partial charge in [0.15, 0.2) is 6.29 Å². The van der Waals surface area contributed by atoms with E-state index >= 15 is 0 Å². The van der Waals surface area contributed by atoms with Crippen molar-refractivity contribution in [3.05, 3.63) is 59.7 Å². The summed E-state index contributed by atoms with van der Waals surface area (Å²) in [5.74, 6) is 0.257. The molecule has 3 aliphatic rings. The number of halogens is 5. The van der Waals surface area contributed by atoms with Gasteiger partial charge in [0.1, 0.15) is 11.5 Å². The van der Waals surface area contributed by atoms with Gasteiger partial charge in [0, 0.05) is 36.7 Å². The highest BCUT2D eigenvalue weighted by Gasteiger charge is 2.55. The summed E-state index contributed by atoms with van der Waals surface area (Å²) in [4.78, 5) is 0. The highest BCUT2D eigenvalue weighted by molar-refractivity contribution is 5.85. The standard InChI is InChI=1S/C28H35F3N2O4.2ClH/c1-2-14-35-26(34)22-16-27(19-6-4-3-5-7-19)25(13-11-23(22)33-27)32-17-18-15-21(37-28(29,30)31)10-12-24(18)36-20-8-9-20;;/h3-7,10,12,15,20,22-23,25-26,32-34H,2,8-9,11,13-14,16-17H2,1H3;2*1H/t22-,23+,25-,26?,27-;;/m1../s1. The molecule has 11 heteroatoms. The molecule has 6 nitrogen and oxygen atoms in total. The van der Waals surface area contributed by atoms with Gasteiger partial charge < -0.3 is 30.0 Å². The fraction of sp³-hybridized carbons (Fsp3) is 0.571. The first-order chi connectivity index (χ1) is 17.8. The molecule has 0 spiro atoms. The maximum absolute atomic E-state index is 12.9. The van der Waals surface area contributed by atoms with Gasteiger partial charge in [-0.3, -0.25) is 0 Å². The molecule has 0 aromatic heterocycles. The largest absolute Gasteiger partial charge is 0.573 e. The van der Waals surface area contributed by atoms with Crippen molar-refractivity contribution in [2.75, 3.05) is 6.61 Å². The number of fused-ring (bicyclic) bond motifs is 2. The van der Waals surface area contributed by atoms with Crippen LogP contribution in [0.5, 0.6) is 11.5 Å². The molecule has 1 aliphatic carbocycles. The van der Waals surface area contributed by atoms with Crippen LogP contribution in [0.4, 0.5) is 13.2 Å². The number of aliphatic hydroxyl groups excluding tert-OH is 1. The van der Waals surface area contributed by atoms with Gasteiger partial charge in [-0.25, -0.2) is 0 Å². The van der Waals surface area contributed by atoms with Gasteiger partial charge in [-0.15, -0.1) is 38.0 Å². The Hall–Kier alpha value is -1.75. The Balaban J connectivity index is 0.00000210. The van der Waals surface area contributed by atoms with E-state index in [1.54, 1.807) is 6.07 Å². The van der Waals surface area contributed by atoms with Crippen molar-refractivity contribution in [1.29, 1.82) is 0 Å². The van der Waals surface area contributed by atoms with Crippen LogP contribution in [-0.4, -0.2) is 42.6 Å². The molecule has 2 bridgehead atoms. The van der Waals surface area contributed by atoms with Gasteiger partial charge >= 0.3 is 6.36 Å². The zero-order valence-corrected chi connectivity index (χ0v) is 23.4. The van der Waals surface area contributed by atoms with E-state index in [4.69, 9.17) is 9.47 Å². The van der Waals surface area contributed by atoms with Gasteiger partial charge in [-0.1, -0.05) is 37.3 Å². The van der Waals surface area contributed by atoms with Crippen LogP contribution in [0, 0.1) is 5.92 Å². The molecule has 2 heterocycles. The second kappa shape index (κ2) is 13.3. The molecule has 1 saturated carbocycles. The van der Waals surface area contributed by atoms with E-state index in [1.165, 1.54) is 12.1 Å². The monoisotopic (exact) mass is 592 g/mol. The molecule has 0 radical (unpaired) electrons. The zero-order chi connectivity index (χ0) is 26.0. The summed E-state index contributed by atoms with van der Waals surface area (Å²) in [6.07, 6.45) is -0.385. The van der Waals surface area contributed by atoms with Crippen molar-refractivity contribution < 1.29 is 32.5 Å². The lowest BCUT2D eigenvalue weighted by Crippen LogP contribution is -2.58. The molecule has 218 valence electrons. The van der Waals surface area contributed by atoms with E-state index in [0.717, 1.165) is 37.7 Å². The smallest absolute Gasteiger partial charge is 0.490 e. The van der Waals surface area contributed by atoms with Gasteiger partial charge in [0.25, 0.3) is 0 Å². The average Bonchev–Trinajstić information content (AvgIpc) is 3.64. The van der Waals surface area contributed by atoms with E-state index in [2.05, 4.69) is 27.5 Å². The molecular formula is C28H37Cl2F3N2O4. The second-order valence-electron chi connectivity index (χ2n) is 10.4. The molecule has 2 aromatic carbocycles. The van der Waals surface area contributed by atoms with Crippen LogP contribution in [0.1, 0.15) is 56.6 Å². The first-order valence-corrected chi connectivity index (χ1v) is 13.2. The number of ether oxygens (including phenoxy) is 3. The van der Waals surface area contributed by atoms with Crippen LogP contribution in [0.2, 0.25) is 0 Å². The van der Waals surface area contributed by atoms with Crippen molar-refractivity contribution in [1.82, 2.24) is 10.6 Å². The summed E-state index contributed by atoms with van der Waals surface area (Å²) in [6.45, 7) is 2.84. The maximum atomic E-state index is 12.9. The van der Waals surface area contributed by atoms with Crippen molar-refractivity contribution in [2.45, 2.75) is 88.4 Å². The number of nitrogens with one attached hydrogen (secondary N) is 2. The minimum atomic E-state index is -4.76. The minimum Gasteiger partial charge on any atom is -0.490 e. The lowest BCUT2D eigenvalue weighted by Gasteiger charge is -2.43. The summed E-state index contributed by atoms with van der Waals surface area (Å²) < 4.78 is 54.5. The van der Waals surface area contributed by atoms with Gasteiger partial charge in [0.2, 0.25) is 0 Å². The van der Waals surface area contributed by atoms with Crippen LogP contribution in [0.25, 0.3) is 0 Å².